The number of nitrogens with one attached hydrogen (secondary N) is 1. The van der Waals surface area contributed by atoms with E-state index < -0.39 is 0 Å². The van der Waals surface area contributed by atoms with Gasteiger partial charge in [-0.15, -0.1) is 0 Å². The zero-order valence-electron chi connectivity index (χ0n) is 14.2. The molecule has 6 heteroatoms. The fraction of sp³-hybridized carbons (Fsp3) is 0.556. The van der Waals surface area contributed by atoms with Gasteiger partial charge in [0.25, 0.3) is 5.91 Å². The Labute approximate surface area is 141 Å². The predicted molar refractivity (Wildman–Crippen MR) is 91.1 cm³/mol. The minimum atomic E-state index is -0.155. The van der Waals surface area contributed by atoms with E-state index in [0.29, 0.717) is 23.3 Å². The summed E-state index contributed by atoms with van der Waals surface area (Å²) in [6.45, 7) is 1.94. The number of carbonyl (C=O) groups is 1. The highest BCUT2D eigenvalue weighted by Gasteiger charge is 2.28. The monoisotopic (exact) mass is 325 g/mol. The minimum Gasteiger partial charge on any atom is -0.290 e. The molecule has 2 heterocycles. The van der Waals surface area contributed by atoms with Crippen LogP contribution in [0, 0.1) is 6.92 Å². The summed E-state index contributed by atoms with van der Waals surface area (Å²) < 4.78 is 1.73. The molecule has 1 N–H and O–H groups in total. The van der Waals surface area contributed by atoms with Crippen LogP contribution in [0.25, 0.3) is 0 Å². The topological polar surface area (TPSA) is 72.7 Å². The maximum Gasteiger partial charge on any atom is 0.261 e. The zero-order valence-corrected chi connectivity index (χ0v) is 14.2. The van der Waals surface area contributed by atoms with Gasteiger partial charge in [-0.1, -0.05) is 12.8 Å². The summed E-state index contributed by atoms with van der Waals surface area (Å²) in [6.07, 6.45) is 8.83. The molecule has 24 heavy (non-hydrogen) atoms. The summed E-state index contributed by atoms with van der Waals surface area (Å²) >= 11 is 0. The van der Waals surface area contributed by atoms with Crippen LogP contribution in [0.3, 0.4) is 0 Å². The fourth-order valence-electron chi connectivity index (χ4n) is 3.59. The molecule has 0 saturated heterocycles. The lowest BCUT2D eigenvalue weighted by molar-refractivity contribution is 0.102. The second kappa shape index (κ2) is 6.00. The SMILES string of the molecule is Cc1cc(C2CC2)nc(NC(=O)c2cn(C)nc2C2CCCC2)n1. The summed E-state index contributed by atoms with van der Waals surface area (Å²) in [6, 6.07) is 2.02. The molecule has 2 aromatic rings. The summed E-state index contributed by atoms with van der Waals surface area (Å²) in [4.78, 5) is 21.7. The van der Waals surface area contributed by atoms with Crippen LogP contribution in [-0.2, 0) is 7.05 Å². The van der Waals surface area contributed by atoms with Crippen molar-refractivity contribution in [2.75, 3.05) is 5.32 Å². The van der Waals surface area contributed by atoms with E-state index in [-0.39, 0.29) is 5.91 Å². The van der Waals surface area contributed by atoms with Crippen molar-refractivity contribution in [3.05, 3.63) is 34.9 Å². The molecule has 0 spiro atoms. The van der Waals surface area contributed by atoms with Gasteiger partial charge >= 0.3 is 0 Å². The Kier molecular flexibility index (Phi) is 3.82. The molecule has 0 bridgehead atoms. The molecule has 126 valence electrons. The second-order valence-electron chi connectivity index (χ2n) is 7.07. The average molecular weight is 325 g/mol. The number of amides is 1. The van der Waals surface area contributed by atoms with Gasteiger partial charge in [-0.3, -0.25) is 14.8 Å². The summed E-state index contributed by atoms with van der Waals surface area (Å²) in [5, 5.41) is 7.43. The van der Waals surface area contributed by atoms with E-state index in [2.05, 4.69) is 20.4 Å². The van der Waals surface area contributed by atoms with Crippen LogP contribution in [0.1, 0.15) is 77.8 Å². The normalized spacial score (nSPS) is 18.1. The van der Waals surface area contributed by atoms with E-state index in [9.17, 15) is 4.79 Å². The molecule has 0 aliphatic heterocycles. The molecule has 2 aliphatic rings. The van der Waals surface area contributed by atoms with E-state index in [1.165, 1.54) is 25.7 Å². The zero-order chi connectivity index (χ0) is 16.7. The van der Waals surface area contributed by atoms with Gasteiger partial charge in [-0.2, -0.15) is 5.10 Å². The van der Waals surface area contributed by atoms with Crippen molar-refractivity contribution in [3.8, 4) is 0 Å². The molecule has 0 atom stereocenters. The third-order valence-corrected chi connectivity index (χ3v) is 4.94. The van der Waals surface area contributed by atoms with Crippen LogP contribution in [-0.4, -0.2) is 25.7 Å². The maximum atomic E-state index is 12.8. The van der Waals surface area contributed by atoms with Crippen LogP contribution in [0.5, 0.6) is 0 Å². The third-order valence-electron chi connectivity index (χ3n) is 4.94. The maximum absolute atomic E-state index is 12.8. The van der Waals surface area contributed by atoms with Crippen molar-refractivity contribution in [2.45, 2.75) is 57.3 Å². The van der Waals surface area contributed by atoms with Crippen LogP contribution >= 0.6 is 0 Å². The Morgan fingerprint density at radius 3 is 2.62 bits per heavy atom. The number of anilines is 1. The van der Waals surface area contributed by atoms with Gasteiger partial charge < -0.3 is 0 Å². The molecule has 0 aromatic carbocycles. The van der Waals surface area contributed by atoms with Gasteiger partial charge in [0.2, 0.25) is 5.95 Å². The molecule has 2 aromatic heterocycles. The van der Waals surface area contributed by atoms with Crippen molar-refractivity contribution >= 4 is 11.9 Å². The largest absolute Gasteiger partial charge is 0.290 e. The van der Waals surface area contributed by atoms with Crippen LogP contribution < -0.4 is 5.32 Å². The smallest absolute Gasteiger partial charge is 0.261 e. The number of aromatic nitrogens is 4. The van der Waals surface area contributed by atoms with Crippen LogP contribution in [0.15, 0.2) is 12.3 Å². The third kappa shape index (κ3) is 3.05. The molecule has 6 nitrogen and oxygen atoms in total. The molecule has 1 amide bonds. The number of carbonyl (C=O) groups excluding carboxylic acids is 1. The molecule has 0 radical (unpaired) electrons. The molecule has 2 fully saturated rings. The Hall–Kier alpha value is -2.24. The van der Waals surface area contributed by atoms with Crippen molar-refractivity contribution in [2.24, 2.45) is 7.05 Å². The van der Waals surface area contributed by atoms with E-state index in [0.717, 1.165) is 29.9 Å². The molecule has 2 saturated carbocycles. The molecule has 2 aliphatic carbocycles. The Morgan fingerprint density at radius 1 is 1.17 bits per heavy atom. The van der Waals surface area contributed by atoms with E-state index >= 15 is 0 Å². The van der Waals surface area contributed by atoms with Crippen LogP contribution in [0.2, 0.25) is 0 Å². The Bertz CT molecular complexity index is 772. The quantitative estimate of drug-likeness (QED) is 0.936. The van der Waals surface area contributed by atoms with Gasteiger partial charge in [0.1, 0.15) is 0 Å². The standard InChI is InChI=1S/C18H23N5O/c1-11-9-15(12-7-8-12)20-18(19-11)21-17(24)14-10-23(2)22-16(14)13-5-3-4-6-13/h9-10,12-13H,3-8H2,1-2H3,(H,19,20,21,24). The summed E-state index contributed by atoms with van der Waals surface area (Å²) in [7, 11) is 1.86. The van der Waals surface area contributed by atoms with Crippen molar-refractivity contribution in [1.29, 1.82) is 0 Å². The highest BCUT2D eigenvalue weighted by molar-refractivity contribution is 6.04. The fourth-order valence-corrected chi connectivity index (χ4v) is 3.59. The van der Waals surface area contributed by atoms with Crippen molar-refractivity contribution in [1.82, 2.24) is 19.7 Å². The van der Waals surface area contributed by atoms with Gasteiger partial charge in [-0.05, 0) is 38.7 Å². The number of hydrogen-bond donors (Lipinski definition) is 1. The van der Waals surface area contributed by atoms with E-state index in [4.69, 9.17) is 0 Å². The first-order chi connectivity index (χ1) is 11.6. The minimum absolute atomic E-state index is 0.155. The van der Waals surface area contributed by atoms with Crippen LogP contribution in [0.4, 0.5) is 5.95 Å². The molecule has 0 unspecified atom stereocenters. The summed E-state index contributed by atoms with van der Waals surface area (Å²) in [5.74, 6) is 1.18. The van der Waals surface area contributed by atoms with Gasteiger partial charge in [0.05, 0.1) is 11.3 Å². The van der Waals surface area contributed by atoms with Gasteiger partial charge in [0, 0.05) is 36.5 Å². The van der Waals surface area contributed by atoms with Gasteiger partial charge in [0.15, 0.2) is 0 Å². The lowest BCUT2D eigenvalue weighted by Gasteiger charge is -2.09. The summed E-state index contributed by atoms with van der Waals surface area (Å²) in [5.41, 5.74) is 3.51. The highest BCUT2D eigenvalue weighted by atomic mass is 16.1. The highest BCUT2D eigenvalue weighted by Crippen LogP contribution is 2.39. The van der Waals surface area contributed by atoms with E-state index in [1.807, 2.05) is 20.0 Å². The number of nitrogens with zero attached hydrogens (tertiary/aromatic N) is 4. The Balaban J connectivity index is 1.58. The Morgan fingerprint density at radius 2 is 1.92 bits per heavy atom. The first-order valence-corrected chi connectivity index (χ1v) is 8.80. The first-order valence-electron chi connectivity index (χ1n) is 8.80. The molecular formula is C18H23N5O. The predicted octanol–water partition coefficient (Wildman–Crippen LogP) is 3.31. The van der Waals surface area contributed by atoms with Gasteiger partial charge in [-0.25, -0.2) is 9.97 Å². The molecular weight excluding hydrogens is 302 g/mol. The number of aryl methyl sites for hydroxylation is 2. The van der Waals surface area contributed by atoms with Crippen molar-refractivity contribution < 1.29 is 4.79 Å². The van der Waals surface area contributed by atoms with Crippen molar-refractivity contribution in [3.63, 3.8) is 0 Å². The second-order valence-corrected chi connectivity index (χ2v) is 7.07. The van der Waals surface area contributed by atoms with E-state index in [1.54, 1.807) is 10.9 Å². The number of rotatable bonds is 4. The molecule has 4 rings (SSSR count). The lowest BCUT2D eigenvalue weighted by Crippen LogP contribution is -2.17. The first kappa shape index (κ1) is 15.3. The average Bonchev–Trinajstić information content (AvgIpc) is 3.10. The lowest BCUT2D eigenvalue weighted by atomic mass is 10.0. The number of hydrogen-bond acceptors (Lipinski definition) is 4.